The molecule has 0 aromatic carbocycles. The highest BCUT2D eigenvalue weighted by Crippen LogP contribution is 2.14. The van der Waals surface area contributed by atoms with E-state index in [-0.39, 0.29) is 6.04 Å². The largest absolute Gasteiger partial charge is 0.465 e. The van der Waals surface area contributed by atoms with E-state index in [9.17, 15) is 9.18 Å². The molecule has 2 aromatic rings. The number of nitrogens with one attached hydrogen (secondary N) is 1. The zero-order chi connectivity index (χ0) is 13.8. The van der Waals surface area contributed by atoms with Crippen LogP contribution in [0.2, 0.25) is 0 Å². The first kappa shape index (κ1) is 13.0. The average molecular weight is 264 g/mol. The molecule has 0 radical (unpaired) electrons. The SMILES string of the molecule is C[C@@H](Cn1ccc(-c2ccc(F)cn2)n1)NC(=O)O. The lowest BCUT2D eigenvalue weighted by Gasteiger charge is -2.10. The molecule has 2 heterocycles. The van der Waals surface area contributed by atoms with Crippen LogP contribution in [0.25, 0.3) is 11.4 Å². The van der Waals surface area contributed by atoms with E-state index in [1.54, 1.807) is 29.9 Å². The molecule has 0 saturated carbocycles. The predicted molar refractivity (Wildman–Crippen MR) is 66.0 cm³/mol. The van der Waals surface area contributed by atoms with Crippen LogP contribution in [0.5, 0.6) is 0 Å². The average Bonchev–Trinajstić information content (AvgIpc) is 2.77. The van der Waals surface area contributed by atoms with Gasteiger partial charge in [-0.3, -0.25) is 9.67 Å². The molecule has 1 atom stereocenters. The van der Waals surface area contributed by atoms with Crippen molar-refractivity contribution in [1.29, 1.82) is 0 Å². The van der Waals surface area contributed by atoms with Crippen LogP contribution in [0, 0.1) is 5.82 Å². The topological polar surface area (TPSA) is 80.0 Å². The number of hydrogen-bond acceptors (Lipinski definition) is 3. The number of carboxylic acid groups (broad SMARTS) is 1. The highest BCUT2D eigenvalue weighted by molar-refractivity contribution is 5.64. The van der Waals surface area contributed by atoms with Gasteiger partial charge in [-0.1, -0.05) is 0 Å². The molecule has 2 aromatic heterocycles. The summed E-state index contributed by atoms with van der Waals surface area (Å²) in [5.41, 5.74) is 1.18. The molecule has 7 heteroatoms. The Labute approximate surface area is 108 Å². The van der Waals surface area contributed by atoms with Crippen molar-refractivity contribution in [3.8, 4) is 11.4 Å². The first-order valence-electron chi connectivity index (χ1n) is 5.69. The van der Waals surface area contributed by atoms with Gasteiger partial charge in [0.2, 0.25) is 0 Å². The zero-order valence-electron chi connectivity index (χ0n) is 10.2. The highest BCUT2D eigenvalue weighted by atomic mass is 19.1. The molecule has 0 spiro atoms. The van der Waals surface area contributed by atoms with E-state index in [4.69, 9.17) is 5.11 Å². The van der Waals surface area contributed by atoms with Gasteiger partial charge in [-0.05, 0) is 25.1 Å². The molecule has 6 nitrogen and oxygen atoms in total. The predicted octanol–water partition coefficient (Wildman–Crippen LogP) is 1.74. The first-order chi connectivity index (χ1) is 9.04. The van der Waals surface area contributed by atoms with Gasteiger partial charge in [-0.25, -0.2) is 9.18 Å². The molecule has 0 unspecified atom stereocenters. The molecule has 1 amide bonds. The minimum absolute atomic E-state index is 0.258. The molecule has 0 aliphatic heterocycles. The van der Waals surface area contributed by atoms with Gasteiger partial charge in [-0.15, -0.1) is 0 Å². The molecule has 2 N–H and O–H groups in total. The fraction of sp³-hybridized carbons (Fsp3) is 0.250. The molecule has 0 aliphatic rings. The Kier molecular flexibility index (Phi) is 3.74. The summed E-state index contributed by atoms with van der Waals surface area (Å²) < 4.78 is 14.4. The summed E-state index contributed by atoms with van der Waals surface area (Å²) in [4.78, 5) is 14.4. The number of aromatic nitrogens is 3. The highest BCUT2D eigenvalue weighted by Gasteiger charge is 2.08. The summed E-state index contributed by atoms with van der Waals surface area (Å²) in [5.74, 6) is -0.400. The second-order valence-electron chi connectivity index (χ2n) is 4.14. The fourth-order valence-corrected chi connectivity index (χ4v) is 1.66. The van der Waals surface area contributed by atoms with Crippen molar-refractivity contribution < 1.29 is 14.3 Å². The Balaban J connectivity index is 2.06. The number of carbonyl (C=O) groups is 1. The maximum atomic E-state index is 12.7. The Morgan fingerprint density at radius 3 is 2.89 bits per heavy atom. The lowest BCUT2D eigenvalue weighted by molar-refractivity contribution is 0.189. The summed E-state index contributed by atoms with van der Waals surface area (Å²) in [6.07, 6.45) is 1.78. The van der Waals surface area contributed by atoms with Crippen molar-refractivity contribution in [3.05, 3.63) is 36.4 Å². The molecule has 0 saturated heterocycles. The standard InChI is InChI=1S/C12H13FN4O2/c1-8(15-12(18)19)7-17-5-4-11(16-17)10-3-2-9(13)6-14-10/h2-6,8,15H,7H2,1H3,(H,18,19)/t8-/m0/s1. The molecule has 0 aliphatic carbocycles. The van der Waals surface area contributed by atoms with E-state index in [0.29, 0.717) is 17.9 Å². The number of nitrogens with zero attached hydrogens (tertiary/aromatic N) is 3. The number of halogens is 1. The van der Waals surface area contributed by atoms with Gasteiger partial charge in [-0.2, -0.15) is 5.10 Å². The van der Waals surface area contributed by atoms with Crippen LogP contribution in [-0.4, -0.2) is 32.0 Å². The molecular weight excluding hydrogens is 251 g/mol. The van der Waals surface area contributed by atoms with Crippen molar-refractivity contribution >= 4 is 6.09 Å². The van der Waals surface area contributed by atoms with Crippen LogP contribution in [0.15, 0.2) is 30.6 Å². The number of pyridine rings is 1. The third kappa shape index (κ3) is 3.51. The van der Waals surface area contributed by atoms with E-state index in [1.807, 2.05) is 0 Å². The lowest BCUT2D eigenvalue weighted by atomic mass is 10.3. The van der Waals surface area contributed by atoms with Gasteiger partial charge in [0.25, 0.3) is 0 Å². The monoisotopic (exact) mass is 264 g/mol. The second kappa shape index (κ2) is 5.47. The fourth-order valence-electron chi connectivity index (χ4n) is 1.66. The summed E-state index contributed by atoms with van der Waals surface area (Å²) in [6.45, 7) is 2.15. The van der Waals surface area contributed by atoms with Gasteiger partial charge in [0.15, 0.2) is 0 Å². The maximum absolute atomic E-state index is 12.7. The van der Waals surface area contributed by atoms with Crippen LogP contribution in [0.1, 0.15) is 6.92 Å². The normalized spacial score (nSPS) is 12.1. The van der Waals surface area contributed by atoms with Crippen molar-refractivity contribution in [2.75, 3.05) is 0 Å². The number of hydrogen-bond donors (Lipinski definition) is 2. The van der Waals surface area contributed by atoms with E-state index in [0.717, 1.165) is 6.20 Å². The van der Waals surface area contributed by atoms with Crippen LogP contribution in [-0.2, 0) is 6.54 Å². The quantitative estimate of drug-likeness (QED) is 0.881. The molecular formula is C12H13FN4O2. The molecule has 0 fully saturated rings. The summed E-state index contributed by atoms with van der Waals surface area (Å²) >= 11 is 0. The number of amides is 1. The van der Waals surface area contributed by atoms with Crippen molar-refractivity contribution in [1.82, 2.24) is 20.1 Å². The third-order valence-electron chi connectivity index (χ3n) is 2.46. The summed E-state index contributed by atoms with van der Waals surface area (Å²) in [7, 11) is 0. The van der Waals surface area contributed by atoms with Crippen LogP contribution >= 0.6 is 0 Å². The van der Waals surface area contributed by atoms with E-state index in [2.05, 4.69) is 15.4 Å². The van der Waals surface area contributed by atoms with Gasteiger partial charge in [0.05, 0.1) is 18.4 Å². The Morgan fingerprint density at radius 1 is 1.47 bits per heavy atom. The lowest BCUT2D eigenvalue weighted by Crippen LogP contribution is -2.34. The molecule has 0 bridgehead atoms. The van der Waals surface area contributed by atoms with Gasteiger partial charge in [0, 0.05) is 12.2 Å². The van der Waals surface area contributed by atoms with Crippen molar-refractivity contribution in [2.45, 2.75) is 19.5 Å². The van der Waals surface area contributed by atoms with Gasteiger partial charge >= 0.3 is 6.09 Å². The summed E-state index contributed by atoms with van der Waals surface area (Å²) in [6, 6.07) is 4.34. The first-order valence-corrected chi connectivity index (χ1v) is 5.69. The van der Waals surface area contributed by atoms with E-state index < -0.39 is 11.9 Å². The van der Waals surface area contributed by atoms with Gasteiger partial charge < -0.3 is 10.4 Å². The second-order valence-corrected chi connectivity index (χ2v) is 4.14. The summed E-state index contributed by atoms with van der Waals surface area (Å²) in [5, 5.41) is 15.2. The Hall–Kier alpha value is -2.44. The van der Waals surface area contributed by atoms with Gasteiger partial charge in [0.1, 0.15) is 11.5 Å². The smallest absolute Gasteiger partial charge is 0.404 e. The number of rotatable bonds is 4. The van der Waals surface area contributed by atoms with E-state index >= 15 is 0 Å². The zero-order valence-corrected chi connectivity index (χ0v) is 10.2. The van der Waals surface area contributed by atoms with E-state index in [1.165, 1.54) is 6.07 Å². The molecule has 2 rings (SSSR count). The van der Waals surface area contributed by atoms with Crippen LogP contribution in [0.3, 0.4) is 0 Å². The van der Waals surface area contributed by atoms with Crippen molar-refractivity contribution in [3.63, 3.8) is 0 Å². The third-order valence-corrected chi connectivity index (χ3v) is 2.46. The minimum atomic E-state index is -1.07. The van der Waals surface area contributed by atoms with Crippen LogP contribution in [0.4, 0.5) is 9.18 Å². The van der Waals surface area contributed by atoms with Crippen molar-refractivity contribution in [2.24, 2.45) is 0 Å². The Morgan fingerprint density at radius 2 is 2.26 bits per heavy atom. The Bertz CT molecular complexity index is 567. The van der Waals surface area contributed by atoms with Crippen LogP contribution < -0.4 is 5.32 Å². The maximum Gasteiger partial charge on any atom is 0.404 e. The molecule has 19 heavy (non-hydrogen) atoms. The minimum Gasteiger partial charge on any atom is -0.465 e. The molecule has 100 valence electrons.